The number of carbonyl (C=O) groups excluding carboxylic acids is 1. The number of hydrogen-bond donors (Lipinski definition) is 1. The number of hydrogen-bond acceptors (Lipinski definition) is 6. The molecule has 3 aromatic rings. The van der Waals surface area contributed by atoms with Crippen LogP contribution in [0.25, 0.3) is 11.4 Å². The zero-order chi connectivity index (χ0) is 20.1. The molecule has 0 saturated carbocycles. The van der Waals surface area contributed by atoms with Crippen molar-refractivity contribution in [1.82, 2.24) is 14.8 Å². The highest BCUT2D eigenvalue weighted by molar-refractivity contribution is 8.03. The standard InChI is InChI=1S/C20H19N5OS2/c1-13-6-4-5-7-16(13)19-23-24-20(25(19)3)27-11-18(26)22-17-9-8-15(28-12-21)10-14(17)2/h4-10H,11H2,1-3H3,(H,22,26). The summed E-state index contributed by atoms with van der Waals surface area (Å²) in [5.41, 5.74) is 3.81. The van der Waals surface area contributed by atoms with E-state index in [9.17, 15) is 4.79 Å². The summed E-state index contributed by atoms with van der Waals surface area (Å²) in [5.74, 6) is 0.894. The molecular formula is C20H19N5OS2. The van der Waals surface area contributed by atoms with Crippen LogP contribution >= 0.6 is 23.5 Å². The molecule has 0 radical (unpaired) electrons. The highest BCUT2D eigenvalue weighted by Crippen LogP contribution is 2.26. The molecule has 0 aliphatic heterocycles. The molecule has 28 heavy (non-hydrogen) atoms. The zero-order valence-corrected chi connectivity index (χ0v) is 17.4. The average molecular weight is 410 g/mol. The highest BCUT2D eigenvalue weighted by atomic mass is 32.2. The Hall–Kier alpha value is -2.76. The van der Waals surface area contributed by atoms with Gasteiger partial charge in [-0.2, -0.15) is 5.26 Å². The van der Waals surface area contributed by atoms with E-state index in [0.717, 1.165) is 44.9 Å². The summed E-state index contributed by atoms with van der Waals surface area (Å²) in [6.07, 6.45) is 0. The fraction of sp³-hybridized carbons (Fsp3) is 0.200. The number of carbonyl (C=O) groups is 1. The Balaban J connectivity index is 1.64. The van der Waals surface area contributed by atoms with Gasteiger partial charge in [-0.1, -0.05) is 36.0 Å². The Morgan fingerprint density at radius 1 is 1.18 bits per heavy atom. The molecule has 1 heterocycles. The first kappa shape index (κ1) is 20.0. The second-order valence-electron chi connectivity index (χ2n) is 6.19. The SMILES string of the molecule is Cc1cc(SC#N)ccc1NC(=O)CSc1nnc(-c2ccccc2C)n1C. The van der Waals surface area contributed by atoms with Crippen molar-refractivity contribution >= 4 is 35.1 Å². The summed E-state index contributed by atoms with van der Waals surface area (Å²) in [6, 6.07) is 13.5. The lowest BCUT2D eigenvalue weighted by Crippen LogP contribution is -2.15. The molecule has 0 spiro atoms. The highest BCUT2D eigenvalue weighted by Gasteiger charge is 2.14. The molecule has 0 saturated heterocycles. The molecule has 1 N–H and O–H groups in total. The molecule has 3 rings (SSSR count). The largest absolute Gasteiger partial charge is 0.325 e. The quantitative estimate of drug-likeness (QED) is 0.480. The van der Waals surface area contributed by atoms with Crippen molar-refractivity contribution in [3.8, 4) is 16.8 Å². The topological polar surface area (TPSA) is 83.6 Å². The van der Waals surface area contributed by atoms with Crippen LogP contribution in [0, 0.1) is 24.5 Å². The van der Waals surface area contributed by atoms with Gasteiger partial charge in [-0.3, -0.25) is 4.79 Å². The number of anilines is 1. The van der Waals surface area contributed by atoms with Crippen LogP contribution in [0.1, 0.15) is 11.1 Å². The Labute approximate surface area is 172 Å². The molecule has 0 fully saturated rings. The Morgan fingerprint density at radius 3 is 2.68 bits per heavy atom. The second kappa shape index (κ2) is 8.95. The van der Waals surface area contributed by atoms with Gasteiger partial charge in [0.1, 0.15) is 5.40 Å². The van der Waals surface area contributed by atoms with Gasteiger partial charge < -0.3 is 9.88 Å². The molecule has 0 unspecified atom stereocenters. The van der Waals surface area contributed by atoms with Crippen LogP contribution in [0.5, 0.6) is 0 Å². The van der Waals surface area contributed by atoms with Crippen molar-refractivity contribution in [2.45, 2.75) is 23.9 Å². The van der Waals surface area contributed by atoms with Crippen LogP contribution < -0.4 is 5.32 Å². The summed E-state index contributed by atoms with van der Waals surface area (Å²) in [4.78, 5) is 13.2. The number of nitriles is 1. The zero-order valence-electron chi connectivity index (χ0n) is 15.8. The first-order valence-electron chi connectivity index (χ1n) is 8.54. The maximum Gasteiger partial charge on any atom is 0.234 e. The van der Waals surface area contributed by atoms with Crippen molar-refractivity contribution in [1.29, 1.82) is 5.26 Å². The third kappa shape index (κ3) is 4.55. The summed E-state index contributed by atoms with van der Waals surface area (Å²) in [6.45, 7) is 3.94. The number of amides is 1. The number of thiocyanates is 1. The summed E-state index contributed by atoms with van der Waals surface area (Å²) >= 11 is 2.44. The smallest absolute Gasteiger partial charge is 0.234 e. The van der Waals surface area contributed by atoms with Gasteiger partial charge in [0, 0.05) is 23.2 Å². The first-order chi connectivity index (χ1) is 13.5. The molecular weight excluding hydrogens is 390 g/mol. The summed E-state index contributed by atoms with van der Waals surface area (Å²) < 4.78 is 1.90. The molecule has 1 amide bonds. The first-order valence-corrected chi connectivity index (χ1v) is 10.3. The van der Waals surface area contributed by atoms with Gasteiger partial charge in [0.05, 0.1) is 5.75 Å². The average Bonchev–Trinajstić information content (AvgIpc) is 3.03. The van der Waals surface area contributed by atoms with Crippen molar-refractivity contribution < 1.29 is 4.79 Å². The lowest BCUT2D eigenvalue weighted by Gasteiger charge is -2.09. The van der Waals surface area contributed by atoms with Gasteiger partial charge in [-0.15, -0.1) is 10.2 Å². The Morgan fingerprint density at radius 2 is 1.96 bits per heavy atom. The number of aromatic nitrogens is 3. The lowest BCUT2D eigenvalue weighted by molar-refractivity contribution is -0.113. The van der Waals surface area contributed by atoms with E-state index in [1.165, 1.54) is 11.8 Å². The molecule has 1 aromatic heterocycles. The number of nitrogens with one attached hydrogen (secondary N) is 1. The van der Waals surface area contributed by atoms with Gasteiger partial charge in [0.2, 0.25) is 5.91 Å². The van der Waals surface area contributed by atoms with Crippen LogP contribution in [0.4, 0.5) is 5.69 Å². The van der Waals surface area contributed by atoms with Crippen LogP contribution in [0.2, 0.25) is 0 Å². The van der Waals surface area contributed by atoms with Crippen molar-refractivity contribution in [3.63, 3.8) is 0 Å². The molecule has 0 atom stereocenters. The molecule has 8 heteroatoms. The van der Waals surface area contributed by atoms with E-state index in [2.05, 4.69) is 15.5 Å². The predicted molar refractivity (Wildman–Crippen MR) is 113 cm³/mol. The monoisotopic (exact) mass is 409 g/mol. The van der Waals surface area contributed by atoms with Crippen molar-refractivity contribution in [2.24, 2.45) is 7.05 Å². The van der Waals surface area contributed by atoms with E-state index in [1.807, 2.05) is 73.3 Å². The number of aryl methyl sites for hydroxylation is 2. The van der Waals surface area contributed by atoms with Gasteiger partial charge in [0.15, 0.2) is 11.0 Å². The Kier molecular flexibility index (Phi) is 6.39. The number of thioether (sulfide) groups is 2. The Bertz CT molecular complexity index is 1050. The third-order valence-corrected chi connectivity index (χ3v) is 5.79. The molecule has 0 aliphatic rings. The molecule has 6 nitrogen and oxygen atoms in total. The van der Waals surface area contributed by atoms with E-state index < -0.39 is 0 Å². The number of nitrogens with zero attached hydrogens (tertiary/aromatic N) is 4. The second-order valence-corrected chi connectivity index (χ2v) is 7.99. The minimum Gasteiger partial charge on any atom is -0.325 e. The summed E-state index contributed by atoms with van der Waals surface area (Å²) in [7, 11) is 1.90. The maximum atomic E-state index is 12.3. The normalized spacial score (nSPS) is 10.5. The van der Waals surface area contributed by atoms with E-state index in [1.54, 1.807) is 0 Å². The van der Waals surface area contributed by atoms with Gasteiger partial charge in [-0.05, 0) is 54.9 Å². The molecule has 0 bridgehead atoms. The van der Waals surface area contributed by atoms with Crippen molar-refractivity contribution in [3.05, 3.63) is 53.6 Å². The fourth-order valence-electron chi connectivity index (χ4n) is 2.71. The van der Waals surface area contributed by atoms with Crippen LogP contribution in [-0.4, -0.2) is 26.4 Å². The van der Waals surface area contributed by atoms with Gasteiger partial charge >= 0.3 is 0 Å². The van der Waals surface area contributed by atoms with Crippen LogP contribution in [0.3, 0.4) is 0 Å². The number of benzene rings is 2. The van der Waals surface area contributed by atoms with Crippen molar-refractivity contribution in [2.75, 3.05) is 11.1 Å². The minimum absolute atomic E-state index is 0.116. The van der Waals surface area contributed by atoms with E-state index in [-0.39, 0.29) is 11.7 Å². The minimum atomic E-state index is -0.116. The molecule has 2 aromatic carbocycles. The summed E-state index contributed by atoms with van der Waals surface area (Å²) in [5, 5.41) is 22.9. The van der Waals surface area contributed by atoms with Crippen LogP contribution in [0.15, 0.2) is 52.5 Å². The molecule has 0 aliphatic carbocycles. The van der Waals surface area contributed by atoms with Gasteiger partial charge in [0.25, 0.3) is 0 Å². The maximum absolute atomic E-state index is 12.3. The van der Waals surface area contributed by atoms with E-state index in [4.69, 9.17) is 5.26 Å². The van der Waals surface area contributed by atoms with E-state index >= 15 is 0 Å². The lowest BCUT2D eigenvalue weighted by atomic mass is 10.1. The predicted octanol–water partition coefficient (Wildman–Crippen LogP) is 4.40. The number of rotatable bonds is 6. The van der Waals surface area contributed by atoms with Crippen LogP contribution in [-0.2, 0) is 11.8 Å². The third-order valence-electron chi connectivity index (χ3n) is 4.19. The fourth-order valence-corrected chi connectivity index (χ4v) is 3.90. The van der Waals surface area contributed by atoms with E-state index in [0.29, 0.717) is 5.16 Å². The van der Waals surface area contributed by atoms with Gasteiger partial charge in [-0.25, -0.2) is 0 Å². The molecule has 142 valence electrons.